The lowest BCUT2D eigenvalue weighted by Crippen LogP contribution is -2.52. The molecule has 1 unspecified atom stereocenters. The van der Waals surface area contributed by atoms with E-state index in [1.54, 1.807) is 18.2 Å². The lowest BCUT2D eigenvalue weighted by Gasteiger charge is -2.37. The highest BCUT2D eigenvalue weighted by atomic mass is 16.6. The molecule has 1 fully saturated rings. The molecular formula is C22H26N4O3. The number of piperazine rings is 1. The molecule has 0 aliphatic carbocycles. The number of nitrogens with one attached hydrogen (secondary N) is 1. The second-order valence-corrected chi connectivity index (χ2v) is 7.09. The molecule has 1 saturated heterocycles. The van der Waals surface area contributed by atoms with E-state index in [1.165, 1.54) is 11.6 Å². The van der Waals surface area contributed by atoms with Gasteiger partial charge in [-0.05, 0) is 18.6 Å². The summed E-state index contributed by atoms with van der Waals surface area (Å²) in [6.45, 7) is 6.04. The molecule has 7 heteroatoms. The third kappa shape index (κ3) is 5.73. The molecule has 152 valence electrons. The number of hydrogen-bond acceptors (Lipinski definition) is 5. The van der Waals surface area contributed by atoms with Crippen LogP contribution in [0.1, 0.15) is 12.5 Å². The molecule has 1 amide bonds. The number of carbonyl (C=O) groups is 1. The van der Waals surface area contributed by atoms with Gasteiger partial charge in [-0.2, -0.15) is 0 Å². The van der Waals surface area contributed by atoms with E-state index in [4.69, 9.17) is 0 Å². The number of rotatable bonds is 7. The predicted molar refractivity (Wildman–Crippen MR) is 115 cm³/mol. The van der Waals surface area contributed by atoms with Crippen LogP contribution in [0.2, 0.25) is 0 Å². The number of hydrogen-bond donors (Lipinski definition) is 1. The molecule has 1 aliphatic rings. The summed E-state index contributed by atoms with van der Waals surface area (Å²) in [5.74, 6) is -0.225. The van der Waals surface area contributed by atoms with Crippen molar-refractivity contribution in [2.45, 2.75) is 13.0 Å². The lowest BCUT2D eigenvalue weighted by atomic mass is 10.2. The third-order valence-corrected chi connectivity index (χ3v) is 5.17. The van der Waals surface area contributed by atoms with Gasteiger partial charge in [-0.1, -0.05) is 54.6 Å². The van der Waals surface area contributed by atoms with Gasteiger partial charge < -0.3 is 5.32 Å². The molecule has 1 atom stereocenters. The fraction of sp³-hybridized carbons (Fsp3) is 0.318. The standard InChI is InChI=1S/C22H26N4O3/c1-18(22(27)23-20-11-5-6-12-21(20)26(28)29)25-16-14-24(15-17-25)13-7-10-19-8-3-2-4-9-19/h2-12,18H,13-17H2,1H3,(H,23,27)/b10-7+. The quantitative estimate of drug-likeness (QED) is 0.576. The van der Waals surface area contributed by atoms with Crippen LogP contribution in [0, 0.1) is 10.1 Å². The third-order valence-electron chi connectivity index (χ3n) is 5.17. The van der Waals surface area contributed by atoms with Crippen molar-refractivity contribution in [3.05, 3.63) is 76.4 Å². The minimum Gasteiger partial charge on any atom is -0.319 e. The number of nitro groups is 1. The first-order valence-electron chi connectivity index (χ1n) is 9.77. The van der Waals surface area contributed by atoms with Crippen molar-refractivity contribution in [2.24, 2.45) is 0 Å². The summed E-state index contributed by atoms with van der Waals surface area (Å²) in [5, 5.41) is 13.8. The molecular weight excluding hydrogens is 368 g/mol. The Labute approximate surface area is 170 Å². The summed E-state index contributed by atoms with van der Waals surface area (Å²) < 4.78 is 0. The van der Waals surface area contributed by atoms with Crippen LogP contribution in [0.3, 0.4) is 0 Å². The van der Waals surface area contributed by atoms with Gasteiger partial charge in [0.2, 0.25) is 5.91 Å². The van der Waals surface area contributed by atoms with Crippen molar-refractivity contribution in [3.63, 3.8) is 0 Å². The molecule has 3 rings (SSSR count). The lowest BCUT2D eigenvalue weighted by molar-refractivity contribution is -0.383. The SMILES string of the molecule is CC(C(=O)Nc1ccccc1[N+](=O)[O-])N1CCN(C/C=C/c2ccccc2)CC1. The predicted octanol–water partition coefficient (Wildman–Crippen LogP) is 3.25. The Morgan fingerprint density at radius 1 is 1.10 bits per heavy atom. The number of anilines is 1. The first-order valence-corrected chi connectivity index (χ1v) is 9.77. The van der Waals surface area contributed by atoms with Gasteiger partial charge in [-0.3, -0.25) is 24.7 Å². The molecule has 29 heavy (non-hydrogen) atoms. The maximum Gasteiger partial charge on any atom is 0.292 e. The Balaban J connectivity index is 1.48. The van der Waals surface area contributed by atoms with Crippen LogP contribution >= 0.6 is 0 Å². The van der Waals surface area contributed by atoms with Gasteiger partial charge in [0.05, 0.1) is 11.0 Å². The molecule has 0 radical (unpaired) electrons. The molecule has 0 spiro atoms. The zero-order valence-corrected chi connectivity index (χ0v) is 16.5. The minimum absolute atomic E-state index is 0.0944. The van der Waals surface area contributed by atoms with Crippen molar-refractivity contribution >= 4 is 23.4 Å². The van der Waals surface area contributed by atoms with Crippen LogP contribution in [-0.2, 0) is 4.79 Å². The van der Waals surface area contributed by atoms with E-state index in [0.29, 0.717) is 0 Å². The highest BCUT2D eigenvalue weighted by molar-refractivity contribution is 5.96. The van der Waals surface area contributed by atoms with Crippen LogP contribution in [0.25, 0.3) is 6.08 Å². The summed E-state index contributed by atoms with van der Waals surface area (Å²) in [6.07, 6.45) is 4.28. The molecule has 0 bridgehead atoms. The van der Waals surface area contributed by atoms with Gasteiger partial charge in [0.25, 0.3) is 5.69 Å². The number of amides is 1. The number of para-hydroxylation sites is 2. The Bertz CT molecular complexity index is 861. The van der Waals surface area contributed by atoms with Crippen LogP contribution in [0.5, 0.6) is 0 Å². The number of nitro benzene ring substituents is 1. The maximum atomic E-state index is 12.6. The highest BCUT2D eigenvalue weighted by Gasteiger charge is 2.26. The number of benzene rings is 2. The average Bonchev–Trinajstić information content (AvgIpc) is 2.74. The molecule has 0 aromatic heterocycles. The number of carbonyl (C=O) groups excluding carboxylic acids is 1. The molecule has 2 aromatic rings. The van der Waals surface area contributed by atoms with Crippen LogP contribution < -0.4 is 5.32 Å². The normalized spacial score (nSPS) is 16.6. The van der Waals surface area contributed by atoms with Gasteiger partial charge in [-0.15, -0.1) is 0 Å². The van der Waals surface area contributed by atoms with Gasteiger partial charge in [0.15, 0.2) is 0 Å². The average molecular weight is 394 g/mol. The molecule has 1 heterocycles. The Morgan fingerprint density at radius 3 is 2.45 bits per heavy atom. The highest BCUT2D eigenvalue weighted by Crippen LogP contribution is 2.23. The van der Waals surface area contributed by atoms with E-state index in [9.17, 15) is 14.9 Å². The van der Waals surface area contributed by atoms with Gasteiger partial charge >= 0.3 is 0 Å². The van der Waals surface area contributed by atoms with E-state index >= 15 is 0 Å². The van der Waals surface area contributed by atoms with Crippen molar-refractivity contribution in [3.8, 4) is 0 Å². The van der Waals surface area contributed by atoms with E-state index in [1.807, 2.05) is 25.1 Å². The molecule has 2 aromatic carbocycles. The maximum absolute atomic E-state index is 12.6. The Hall–Kier alpha value is -3.03. The van der Waals surface area contributed by atoms with Crippen LogP contribution in [0.15, 0.2) is 60.7 Å². The summed E-state index contributed by atoms with van der Waals surface area (Å²) in [5.41, 5.74) is 1.33. The van der Waals surface area contributed by atoms with Gasteiger partial charge in [-0.25, -0.2) is 0 Å². The van der Waals surface area contributed by atoms with E-state index < -0.39 is 4.92 Å². The number of nitrogens with zero attached hydrogens (tertiary/aromatic N) is 3. The first-order chi connectivity index (χ1) is 14.0. The Morgan fingerprint density at radius 2 is 1.76 bits per heavy atom. The second kappa shape index (κ2) is 9.95. The monoisotopic (exact) mass is 394 g/mol. The van der Waals surface area contributed by atoms with Crippen molar-refractivity contribution in [1.82, 2.24) is 9.80 Å². The Kier molecular flexibility index (Phi) is 7.10. The van der Waals surface area contributed by atoms with Gasteiger partial charge in [0.1, 0.15) is 5.69 Å². The van der Waals surface area contributed by atoms with Crippen molar-refractivity contribution in [2.75, 3.05) is 38.0 Å². The zero-order chi connectivity index (χ0) is 20.6. The van der Waals surface area contributed by atoms with Gasteiger partial charge in [0, 0.05) is 38.8 Å². The summed E-state index contributed by atoms with van der Waals surface area (Å²) in [6, 6.07) is 16.1. The van der Waals surface area contributed by atoms with Crippen LogP contribution in [-0.4, -0.2) is 59.4 Å². The van der Waals surface area contributed by atoms with Crippen LogP contribution in [0.4, 0.5) is 11.4 Å². The smallest absolute Gasteiger partial charge is 0.292 e. The first kappa shape index (κ1) is 20.7. The summed E-state index contributed by atoms with van der Waals surface area (Å²) in [7, 11) is 0. The minimum atomic E-state index is -0.484. The van der Waals surface area contributed by atoms with Crippen molar-refractivity contribution < 1.29 is 9.72 Å². The fourth-order valence-corrected chi connectivity index (χ4v) is 3.38. The molecule has 0 saturated carbocycles. The zero-order valence-electron chi connectivity index (χ0n) is 16.5. The summed E-state index contributed by atoms with van der Waals surface area (Å²) >= 11 is 0. The van der Waals surface area contributed by atoms with E-state index in [2.05, 4.69) is 39.4 Å². The summed E-state index contributed by atoms with van der Waals surface area (Å²) in [4.78, 5) is 27.7. The molecule has 1 N–H and O–H groups in total. The van der Waals surface area contributed by atoms with E-state index in [-0.39, 0.29) is 23.3 Å². The largest absolute Gasteiger partial charge is 0.319 e. The molecule has 1 aliphatic heterocycles. The second-order valence-electron chi connectivity index (χ2n) is 7.09. The topological polar surface area (TPSA) is 78.7 Å². The van der Waals surface area contributed by atoms with Crippen molar-refractivity contribution in [1.29, 1.82) is 0 Å². The fourth-order valence-electron chi connectivity index (χ4n) is 3.38. The van der Waals surface area contributed by atoms with E-state index in [0.717, 1.165) is 32.7 Å². The molecule has 7 nitrogen and oxygen atoms in total.